The minimum Gasteiger partial charge on any atom is -0.506 e. The lowest BCUT2D eigenvalue weighted by molar-refractivity contribution is -0.115. The zero-order valence-electron chi connectivity index (χ0n) is 18.0. The predicted molar refractivity (Wildman–Crippen MR) is 126 cm³/mol. The van der Waals surface area contributed by atoms with Gasteiger partial charge in [-0.05, 0) is 42.5 Å². The maximum absolute atomic E-state index is 12.6. The fourth-order valence-corrected chi connectivity index (χ4v) is 4.35. The van der Waals surface area contributed by atoms with Gasteiger partial charge in [0.1, 0.15) is 17.9 Å². The van der Waals surface area contributed by atoms with Crippen LogP contribution in [0.15, 0.2) is 60.0 Å². The van der Waals surface area contributed by atoms with E-state index in [9.17, 15) is 14.7 Å². The van der Waals surface area contributed by atoms with Gasteiger partial charge in [0.25, 0.3) is 0 Å². The molecular weight excluding hydrogens is 424 g/mol. The number of benzene rings is 3. The van der Waals surface area contributed by atoms with Crippen molar-refractivity contribution in [2.24, 2.45) is 0 Å². The summed E-state index contributed by atoms with van der Waals surface area (Å²) in [6.07, 6.45) is 0. The molecule has 32 heavy (non-hydrogen) atoms. The molecule has 0 fully saturated rings. The topological polar surface area (TPSA) is 79.7 Å². The van der Waals surface area contributed by atoms with Crippen LogP contribution in [0.1, 0.15) is 34.1 Å². The Morgan fingerprint density at radius 1 is 1.06 bits per heavy atom. The average Bonchev–Trinajstić information content (AvgIpc) is 3.24. The summed E-state index contributed by atoms with van der Waals surface area (Å²) in [6.45, 7) is 5.38. The number of amides is 1. The van der Waals surface area contributed by atoms with Crippen LogP contribution in [0.2, 0.25) is 0 Å². The lowest BCUT2D eigenvalue weighted by atomic mass is 10.1. The van der Waals surface area contributed by atoms with Crippen molar-refractivity contribution in [2.45, 2.75) is 27.4 Å². The van der Waals surface area contributed by atoms with Crippen molar-refractivity contribution in [3.8, 4) is 5.75 Å². The van der Waals surface area contributed by atoms with Crippen LogP contribution in [0, 0.1) is 13.8 Å². The molecule has 4 aromatic rings. The minimum absolute atomic E-state index is 0.0693. The lowest BCUT2D eigenvalue weighted by Gasteiger charge is -2.21. The molecule has 0 unspecified atom stereocenters. The third kappa shape index (κ3) is 4.07. The third-order valence-corrected chi connectivity index (χ3v) is 6.21. The number of anilines is 2. The first-order valence-electron chi connectivity index (χ1n) is 10.1. The molecule has 162 valence electrons. The van der Waals surface area contributed by atoms with Crippen molar-refractivity contribution >= 4 is 44.8 Å². The van der Waals surface area contributed by atoms with E-state index in [1.807, 2.05) is 44.2 Å². The molecule has 1 N–H and O–H groups in total. The Hall–Kier alpha value is -3.71. The molecule has 7 heteroatoms. The highest BCUT2D eigenvalue weighted by atomic mass is 32.1. The second kappa shape index (κ2) is 8.80. The largest absolute Gasteiger partial charge is 0.506 e. The van der Waals surface area contributed by atoms with Gasteiger partial charge in [0.2, 0.25) is 5.91 Å². The van der Waals surface area contributed by atoms with Crippen molar-refractivity contribution < 1.29 is 19.4 Å². The van der Waals surface area contributed by atoms with Crippen LogP contribution in [-0.4, -0.2) is 22.0 Å². The van der Waals surface area contributed by atoms with Crippen molar-refractivity contribution in [2.75, 3.05) is 4.90 Å². The number of hydrogen-bond donors (Lipinski definition) is 1. The second-order valence-corrected chi connectivity index (χ2v) is 8.29. The highest BCUT2D eigenvalue weighted by Crippen LogP contribution is 2.33. The highest BCUT2D eigenvalue weighted by Gasteiger charge is 2.21. The van der Waals surface area contributed by atoms with Crippen LogP contribution in [-0.2, 0) is 16.1 Å². The van der Waals surface area contributed by atoms with Gasteiger partial charge in [0.05, 0.1) is 11.4 Å². The molecule has 0 bridgehead atoms. The molecule has 1 heterocycles. The first-order valence-corrected chi connectivity index (χ1v) is 10.9. The number of carbonyl (C=O) groups is 2. The van der Waals surface area contributed by atoms with Gasteiger partial charge < -0.3 is 9.84 Å². The number of thiazole rings is 1. The van der Waals surface area contributed by atoms with Crippen molar-refractivity contribution in [3.05, 3.63) is 82.4 Å². The van der Waals surface area contributed by atoms with Gasteiger partial charge >= 0.3 is 5.97 Å². The van der Waals surface area contributed by atoms with Crippen LogP contribution in [0.5, 0.6) is 5.75 Å². The number of aryl methyl sites for hydroxylation is 1. The third-order valence-electron chi connectivity index (χ3n) is 5.33. The van der Waals surface area contributed by atoms with E-state index >= 15 is 0 Å². The number of phenolic OH excluding ortho intramolecular Hbond substituents is 1. The summed E-state index contributed by atoms with van der Waals surface area (Å²) in [5.41, 5.74) is 3.47. The van der Waals surface area contributed by atoms with E-state index in [0.29, 0.717) is 16.2 Å². The zero-order chi connectivity index (χ0) is 22.8. The van der Waals surface area contributed by atoms with E-state index in [0.717, 1.165) is 22.2 Å². The Morgan fingerprint density at radius 3 is 2.62 bits per heavy atom. The molecule has 3 aromatic carbocycles. The van der Waals surface area contributed by atoms with Crippen molar-refractivity contribution in [1.29, 1.82) is 0 Å². The van der Waals surface area contributed by atoms with Gasteiger partial charge in [0.15, 0.2) is 5.13 Å². The normalized spacial score (nSPS) is 10.8. The van der Waals surface area contributed by atoms with Crippen LogP contribution in [0.25, 0.3) is 10.8 Å². The molecule has 0 spiro atoms. The van der Waals surface area contributed by atoms with Gasteiger partial charge in [-0.25, -0.2) is 9.78 Å². The molecule has 1 aromatic heterocycles. The molecule has 0 saturated carbocycles. The maximum Gasteiger partial charge on any atom is 0.342 e. The van der Waals surface area contributed by atoms with E-state index in [2.05, 4.69) is 4.98 Å². The lowest BCUT2D eigenvalue weighted by Crippen LogP contribution is -2.23. The monoisotopic (exact) mass is 446 g/mol. The number of ether oxygens (including phenoxy) is 1. The number of esters is 1. The fourth-order valence-electron chi connectivity index (χ4n) is 3.49. The van der Waals surface area contributed by atoms with Crippen molar-refractivity contribution in [1.82, 2.24) is 4.98 Å². The molecule has 0 radical (unpaired) electrons. The summed E-state index contributed by atoms with van der Waals surface area (Å²) < 4.78 is 5.39. The number of hydrogen-bond acceptors (Lipinski definition) is 6. The Labute approximate surface area is 189 Å². The zero-order valence-corrected chi connectivity index (χ0v) is 18.8. The van der Waals surface area contributed by atoms with Gasteiger partial charge in [-0.3, -0.25) is 9.69 Å². The Kier molecular flexibility index (Phi) is 5.92. The van der Waals surface area contributed by atoms with E-state index in [4.69, 9.17) is 4.74 Å². The Morgan fingerprint density at radius 2 is 1.84 bits per heavy atom. The molecule has 0 saturated heterocycles. The van der Waals surface area contributed by atoms with Gasteiger partial charge in [-0.15, -0.1) is 11.3 Å². The first-order chi connectivity index (χ1) is 15.4. The van der Waals surface area contributed by atoms with Crippen LogP contribution < -0.4 is 4.90 Å². The highest BCUT2D eigenvalue weighted by molar-refractivity contribution is 7.14. The molecule has 0 aliphatic carbocycles. The second-order valence-electron chi connectivity index (χ2n) is 7.45. The van der Waals surface area contributed by atoms with E-state index < -0.39 is 5.97 Å². The standard InChI is InChI=1S/C25H22N2O4S/c1-15-7-6-10-22(16(15)2)27(17(3)28)25-26-19(14-32-25)13-31-24(30)21-12-11-18-8-4-5-9-20(18)23(21)29/h4-12,14,29H,13H2,1-3H3. The summed E-state index contributed by atoms with van der Waals surface area (Å²) in [5, 5.41) is 14.2. The van der Waals surface area contributed by atoms with E-state index in [1.54, 1.807) is 34.5 Å². The summed E-state index contributed by atoms with van der Waals surface area (Å²) >= 11 is 1.30. The predicted octanol–water partition coefficient (Wildman–Crippen LogP) is 5.66. The molecule has 6 nitrogen and oxygen atoms in total. The number of rotatable bonds is 5. The maximum atomic E-state index is 12.6. The SMILES string of the molecule is CC(=O)N(c1nc(COC(=O)c2ccc3ccccc3c2O)cs1)c1cccc(C)c1C. The summed E-state index contributed by atoms with van der Waals surface area (Å²) in [5.74, 6) is -0.900. The first kappa shape index (κ1) is 21.5. The Bertz CT molecular complexity index is 1330. The van der Waals surface area contributed by atoms with E-state index in [-0.39, 0.29) is 23.8 Å². The van der Waals surface area contributed by atoms with Crippen LogP contribution in [0.4, 0.5) is 10.8 Å². The molecule has 0 atom stereocenters. The number of carbonyl (C=O) groups excluding carboxylic acids is 2. The number of aromatic hydroxyl groups is 1. The number of nitrogens with zero attached hydrogens (tertiary/aromatic N) is 2. The number of phenols is 1. The molecule has 4 rings (SSSR count). The van der Waals surface area contributed by atoms with Gasteiger partial charge in [-0.2, -0.15) is 0 Å². The van der Waals surface area contributed by atoms with Crippen LogP contribution >= 0.6 is 11.3 Å². The molecule has 0 aliphatic rings. The van der Waals surface area contributed by atoms with Gasteiger partial charge in [0, 0.05) is 17.7 Å². The summed E-state index contributed by atoms with van der Waals surface area (Å²) in [6, 6.07) is 16.4. The molecule has 1 amide bonds. The average molecular weight is 447 g/mol. The fraction of sp³-hybridized carbons (Fsp3) is 0.160. The van der Waals surface area contributed by atoms with E-state index in [1.165, 1.54) is 18.3 Å². The summed E-state index contributed by atoms with van der Waals surface area (Å²) in [7, 11) is 0. The quantitative estimate of drug-likeness (QED) is 0.400. The molecule has 0 aliphatic heterocycles. The summed E-state index contributed by atoms with van der Waals surface area (Å²) in [4.78, 5) is 31.0. The van der Waals surface area contributed by atoms with Crippen molar-refractivity contribution in [3.63, 3.8) is 0 Å². The van der Waals surface area contributed by atoms with Gasteiger partial charge in [-0.1, -0.05) is 42.5 Å². The Balaban J connectivity index is 1.53. The molecular formula is C25H22N2O4S. The minimum atomic E-state index is -0.638. The van der Waals surface area contributed by atoms with Crippen LogP contribution in [0.3, 0.4) is 0 Å². The smallest absolute Gasteiger partial charge is 0.342 e. The number of aromatic nitrogens is 1. The number of fused-ring (bicyclic) bond motifs is 1.